The summed E-state index contributed by atoms with van der Waals surface area (Å²) in [5.41, 5.74) is -1.77. The molecule has 0 unspecified atom stereocenters. The van der Waals surface area contributed by atoms with Gasteiger partial charge >= 0.3 is 5.97 Å². The fourth-order valence-electron chi connectivity index (χ4n) is 4.75. The lowest BCUT2D eigenvalue weighted by Crippen LogP contribution is -2.47. The molecule has 2 saturated carbocycles. The van der Waals surface area contributed by atoms with Crippen molar-refractivity contribution in [2.75, 3.05) is 0 Å². The first-order valence-electron chi connectivity index (χ1n) is 10.1. The maximum atomic E-state index is 15.3. The average Bonchev–Trinajstić information content (AvgIpc) is 3.06. The first-order chi connectivity index (χ1) is 12.4. The van der Waals surface area contributed by atoms with Gasteiger partial charge in [0.05, 0.1) is 5.60 Å². The average molecular weight is 377 g/mol. The van der Waals surface area contributed by atoms with Gasteiger partial charge in [-0.2, -0.15) is 0 Å². The third-order valence-corrected chi connectivity index (χ3v) is 6.86. The number of aliphatic hydroxyl groups is 1. The van der Waals surface area contributed by atoms with Crippen LogP contribution in [-0.4, -0.2) is 22.8 Å². The van der Waals surface area contributed by atoms with Crippen LogP contribution < -0.4 is 0 Å². The minimum atomic E-state index is -2.23. The van der Waals surface area contributed by atoms with Crippen LogP contribution in [0.5, 0.6) is 0 Å². The third kappa shape index (κ3) is 3.78. The number of esters is 1. The summed E-state index contributed by atoms with van der Waals surface area (Å²) in [5, 5.41) is 10.8. The number of ether oxygens (including phenoxy) is 1. The minimum absolute atomic E-state index is 0.163. The maximum absolute atomic E-state index is 15.3. The lowest BCUT2D eigenvalue weighted by atomic mass is 9.83. The molecule has 0 aliphatic heterocycles. The standard InChI is InChI=1S/C23H33FO3/c1-14(2)11-15-7-9-16(10-8-15)23(6,24)20(25)27-19-12-17-18(21(17,3)4)13-22(19,5)26/h7-10,14,17-19,26H,11-13H2,1-6H3/t17-,18+,19-,22-,23+/m1/s1. The quantitative estimate of drug-likeness (QED) is 0.751. The maximum Gasteiger partial charge on any atom is 0.348 e. The molecule has 3 nitrogen and oxygen atoms in total. The van der Waals surface area contributed by atoms with Crippen LogP contribution in [0.2, 0.25) is 0 Å². The van der Waals surface area contributed by atoms with Crippen LogP contribution in [0, 0.1) is 23.2 Å². The molecule has 27 heavy (non-hydrogen) atoms. The number of halogens is 1. The van der Waals surface area contributed by atoms with Gasteiger partial charge in [-0.15, -0.1) is 0 Å². The van der Waals surface area contributed by atoms with Gasteiger partial charge in [-0.05, 0) is 61.8 Å². The minimum Gasteiger partial charge on any atom is -0.457 e. The van der Waals surface area contributed by atoms with Crippen molar-refractivity contribution in [2.24, 2.45) is 23.2 Å². The van der Waals surface area contributed by atoms with Crippen molar-refractivity contribution in [1.29, 1.82) is 0 Å². The van der Waals surface area contributed by atoms with E-state index >= 15 is 4.39 Å². The lowest BCUT2D eigenvalue weighted by molar-refractivity contribution is -0.182. The van der Waals surface area contributed by atoms with E-state index in [1.54, 1.807) is 19.1 Å². The van der Waals surface area contributed by atoms with Crippen LogP contribution in [0.4, 0.5) is 4.39 Å². The second kappa shape index (κ2) is 6.58. The van der Waals surface area contributed by atoms with Gasteiger partial charge in [0.1, 0.15) is 6.10 Å². The van der Waals surface area contributed by atoms with Crippen molar-refractivity contribution >= 4 is 5.97 Å². The molecule has 2 fully saturated rings. The number of alkyl halides is 1. The fraction of sp³-hybridized carbons (Fsp3) is 0.696. The highest BCUT2D eigenvalue weighted by Crippen LogP contribution is 2.66. The zero-order valence-corrected chi connectivity index (χ0v) is 17.4. The smallest absolute Gasteiger partial charge is 0.348 e. The molecule has 5 atom stereocenters. The van der Waals surface area contributed by atoms with Crippen molar-refractivity contribution < 1.29 is 19.0 Å². The summed E-state index contributed by atoms with van der Waals surface area (Å²) < 4.78 is 20.9. The summed E-state index contributed by atoms with van der Waals surface area (Å²) in [4.78, 5) is 12.7. The molecule has 0 radical (unpaired) electrons. The molecule has 4 heteroatoms. The van der Waals surface area contributed by atoms with Gasteiger partial charge < -0.3 is 9.84 Å². The molecular weight excluding hydrogens is 343 g/mol. The number of hydrogen-bond acceptors (Lipinski definition) is 3. The predicted octanol–water partition coefficient (Wildman–Crippen LogP) is 4.80. The van der Waals surface area contributed by atoms with Crippen molar-refractivity contribution in [1.82, 2.24) is 0 Å². The summed E-state index contributed by atoms with van der Waals surface area (Å²) >= 11 is 0. The Morgan fingerprint density at radius 1 is 1.26 bits per heavy atom. The van der Waals surface area contributed by atoms with E-state index in [2.05, 4.69) is 27.7 Å². The number of carbonyl (C=O) groups is 1. The summed E-state index contributed by atoms with van der Waals surface area (Å²) in [5.74, 6) is 0.479. The van der Waals surface area contributed by atoms with Crippen molar-refractivity contribution in [3.8, 4) is 0 Å². The van der Waals surface area contributed by atoms with E-state index in [-0.39, 0.29) is 5.41 Å². The van der Waals surface area contributed by atoms with E-state index in [1.165, 1.54) is 6.92 Å². The summed E-state index contributed by atoms with van der Waals surface area (Å²) in [6, 6.07) is 7.07. The number of carbonyl (C=O) groups excluding carboxylic acids is 1. The Hall–Kier alpha value is -1.42. The molecule has 0 aromatic heterocycles. The molecule has 2 aliphatic carbocycles. The highest BCUT2D eigenvalue weighted by Gasteiger charge is 2.65. The Bertz CT molecular complexity index is 703. The lowest BCUT2D eigenvalue weighted by Gasteiger charge is -2.37. The molecule has 0 bridgehead atoms. The van der Waals surface area contributed by atoms with Crippen LogP contribution in [0.15, 0.2) is 24.3 Å². The van der Waals surface area contributed by atoms with Gasteiger partial charge in [0.15, 0.2) is 0 Å². The Balaban J connectivity index is 1.71. The highest BCUT2D eigenvalue weighted by molar-refractivity contribution is 5.81. The molecule has 2 aliphatic rings. The molecule has 0 saturated heterocycles. The number of fused-ring (bicyclic) bond motifs is 1. The van der Waals surface area contributed by atoms with Crippen LogP contribution >= 0.6 is 0 Å². The van der Waals surface area contributed by atoms with Gasteiger partial charge in [-0.25, -0.2) is 9.18 Å². The monoisotopic (exact) mass is 376 g/mol. The third-order valence-electron chi connectivity index (χ3n) is 6.86. The summed E-state index contributed by atoms with van der Waals surface area (Å²) in [7, 11) is 0. The largest absolute Gasteiger partial charge is 0.457 e. The van der Waals surface area contributed by atoms with Crippen LogP contribution in [0.25, 0.3) is 0 Å². The van der Waals surface area contributed by atoms with Gasteiger partial charge in [-0.1, -0.05) is 52.0 Å². The van der Waals surface area contributed by atoms with Crippen LogP contribution in [-0.2, 0) is 21.6 Å². The number of benzene rings is 1. The molecule has 1 aromatic rings. The van der Waals surface area contributed by atoms with Gasteiger partial charge in [0.2, 0.25) is 5.67 Å². The molecule has 1 N–H and O–H groups in total. The Labute approximate surface area is 162 Å². The van der Waals surface area contributed by atoms with Crippen molar-refractivity contribution in [3.05, 3.63) is 35.4 Å². The fourth-order valence-corrected chi connectivity index (χ4v) is 4.75. The Morgan fingerprint density at radius 2 is 1.85 bits per heavy atom. The molecule has 150 valence electrons. The van der Waals surface area contributed by atoms with Crippen LogP contribution in [0.1, 0.15) is 65.5 Å². The van der Waals surface area contributed by atoms with Gasteiger partial charge in [0, 0.05) is 5.56 Å². The zero-order chi connectivity index (χ0) is 20.2. The van der Waals surface area contributed by atoms with E-state index in [9.17, 15) is 9.90 Å². The molecule has 0 heterocycles. The number of hydrogen-bond donors (Lipinski definition) is 1. The molecular formula is C23H33FO3. The predicted molar refractivity (Wildman–Crippen MR) is 104 cm³/mol. The molecule has 0 spiro atoms. The summed E-state index contributed by atoms with van der Waals surface area (Å²) in [6.07, 6.45) is 1.44. The van der Waals surface area contributed by atoms with Gasteiger partial charge in [-0.3, -0.25) is 0 Å². The molecule has 0 amide bonds. The molecule has 3 rings (SSSR count). The SMILES string of the molecule is CC(C)Cc1ccc([C@](C)(F)C(=O)O[C@@H]2C[C@@H]3[C@H](C[C@@]2(C)O)C3(C)C)cc1. The number of rotatable bonds is 5. The van der Waals surface area contributed by atoms with Gasteiger partial charge in [0.25, 0.3) is 0 Å². The highest BCUT2D eigenvalue weighted by atomic mass is 19.1. The van der Waals surface area contributed by atoms with E-state index in [0.717, 1.165) is 12.0 Å². The Kier molecular flexibility index (Phi) is 4.95. The second-order valence-corrected chi connectivity index (χ2v) is 10.0. The summed E-state index contributed by atoms with van der Waals surface area (Å²) in [6.45, 7) is 11.6. The van der Waals surface area contributed by atoms with Crippen molar-refractivity contribution in [3.63, 3.8) is 0 Å². The van der Waals surface area contributed by atoms with E-state index in [4.69, 9.17) is 4.74 Å². The second-order valence-electron chi connectivity index (χ2n) is 10.0. The first kappa shape index (κ1) is 20.3. The van der Waals surface area contributed by atoms with E-state index in [0.29, 0.717) is 36.2 Å². The topological polar surface area (TPSA) is 46.5 Å². The first-order valence-corrected chi connectivity index (χ1v) is 10.1. The molecule has 1 aromatic carbocycles. The zero-order valence-electron chi connectivity index (χ0n) is 17.4. The van der Waals surface area contributed by atoms with E-state index < -0.39 is 23.3 Å². The van der Waals surface area contributed by atoms with Crippen molar-refractivity contribution in [2.45, 2.75) is 78.2 Å². The van der Waals surface area contributed by atoms with E-state index in [1.807, 2.05) is 12.1 Å². The van der Waals surface area contributed by atoms with Crippen LogP contribution in [0.3, 0.4) is 0 Å². The Morgan fingerprint density at radius 3 is 2.41 bits per heavy atom. The normalized spacial score (nSPS) is 33.9.